The Hall–Kier alpha value is -2.77. The van der Waals surface area contributed by atoms with E-state index in [1.165, 1.54) is 4.90 Å². The van der Waals surface area contributed by atoms with E-state index in [1.807, 2.05) is 0 Å². The average molecular weight is 291 g/mol. The van der Waals surface area contributed by atoms with E-state index < -0.39 is 0 Å². The van der Waals surface area contributed by atoms with E-state index in [4.69, 9.17) is 15.7 Å². The molecule has 1 amide bonds. The molecule has 8 heteroatoms. The Bertz CT molecular complexity index is 679. The minimum Gasteiger partial charge on any atom is -0.450 e. The van der Waals surface area contributed by atoms with Gasteiger partial charge < -0.3 is 25.6 Å². The van der Waals surface area contributed by atoms with Gasteiger partial charge in [-0.05, 0) is 25.1 Å². The van der Waals surface area contributed by atoms with Crippen LogP contribution < -0.4 is 5.73 Å². The first kappa shape index (κ1) is 14.6. The zero-order valence-corrected chi connectivity index (χ0v) is 11.8. The molecular formula is C13H17N5O3. The van der Waals surface area contributed by atoms with E-state index in [2.05, 4.69) is 15.1 Å². The summed E-state index contributed by atoms with van der Waals surface area (Å²) < 4.78 is 4.91. The molecule has 112 valence electrons. The molecule has 2 heterocycles. The van der Waals surface area contributed by atoms with Crippen LogP contribution in [0.15, 0.2) is 23.4 Å². The molecule has 0 saturated carbocycles. The zero-order valence-electron chi connectivity index (χ0n) is 11.8. The van der Waals surface area contributed by atoms with Crippen LogP contribution >= 0.6 is 0 Å². The first-order valence-electron chi connectivity index (χ1n) is 6.39. The molecule has 2 aromatic rings. The first-order valence-corrected chi connectivity index (χ1v) is 6.39. The van der Waals surface area contributed by atoms with Gasteiger partial charge in [-0.3, -0.25) is 0 Å². The van der Waals surface area contributed by atoms with Gasteiger partial charge in [0.25, 0.3) is 0 Å². The molecule has 0 bridgehead atoms. The maximum Gasteiger partial charge on any atom is 0.409 e. The van der Waals surface area contributed by atoms with E-state index in [0.29, 0.717) is 24.4 Å². The van der Waals surface area contributed by atoms with Crippen molar-refractivity contribution in [1.29, 1.82) is 0 Å². The fourth-order valence-corrected chi connectivity index (χ4v) is 1.90. The zero-order chi connectivity index (χ0) is 15.4. The lowest BCUT2D eigenvalue weighted by Crippen LogP contribution is -2.27. The van der Waals surface area contributed by atoms with Crippen molar-refractivity contribution in [3.05, 3.63) is 29.6 Å². The highest BCUT2D eigenvalue weighted by atomic mass is 16.6. The van der Waals surface area contributed by atoms with Gasteiger partial charge >= 0.3 is 6.09 Å². The number of nitrogens with one attached hydrogen (secondary N) is 1. The number of hydrogen-bond acceptors (Lipinski definition) is 5. The number of amidine groups is 1. The Labute approximate surface area is 121 Å². The predicted molar refractivity (Wildman–Crippen MR) is 77.1 cm³/mol. The molecule has 0 unspecified atom stereocenters. The average Bonchev–Trinajstić information content (AvgIpc) is 2.87. The maximum atomic E-state index is 11.6. The van der Waals surface area contributed by atoms with Crippen LogP contribution in [0.25, 0.3) is 11.0 Å². The van der Waals surface area contributed by atoms with Gasteiger partial charge in [-0.1, -0.05) is 5.16 Å². The smallest absolute Gasteiger partial charge is 0.409 e. The van der Waals surface area contributed by atoms with Gasteiger partial charge in [0.15, 0.2) is 5.84 Å². The number of pyridine rings is 1. The van der Waals surface area contributed by atoms with Crippen molar-refractivity contribution in [3.8, 4) is 0 Å². The van der Waals surface area contributed by atoms with Crippen LogP contribution in [0.2, 0.25) is 0 Å². The van der Waals surface area contributed by atoms with Crippen LogP contribution in [0, 0.1) is 0 Å². The van der Waals surface area contributed by atoms with Gasteiger partial charge in [0, 0.05) is 12.7 Å². The lowest BCUT2D eigenvalue weighted by Gasteiger charge is -2.15. The highest BCUT2D eigenvalue weighted by Gasteiger charge is 2.12. The molecule has 4 N–H and O–H groups in total. The number of aromatic nitrogens is 2. The predicted octanol–water partition coefficient (Wildman–Crippen LogP) is 1.25. The summed E-state index contributed by atoms with van der Waals surface area (Å²) in [7, 11) is 1.65. The number of nitrogens with zero attached hydrogens (tertiary/aromatic N) is 3. The third kappa shape index (κ3) is 3.22. The van der Waals surface area contributed by atoms with Crippen LogP contribution in [0.4, 0.5) is 4.79 Å². The Morgan fingerprint density at radius 1 is 1.57 bits per heavy atom. The topological polar surface area (TPSA) is 117 Å². The lowest BCUT2D eigenvalue weighted by molar-refractivity contribution is 0.114. The molecule has 21 heavy (non-hydrogen) atoms. The summed E-state index contributed by atoms with van der Waals surface area (Å²) in [5.74, 6) is -0.0525. The minimum absolute atomic E-state index is 0.0525. The van der Waals surface area contributed by atoms with Crippen LogP contribution in [0.3, 0.4) is 0 Å². The van der Waals surface area contributed by atoms with Crippen molar-refractivity contribution in [3.63, 3.8) is 0 Å². The third-order valence-corrected chi connectivity index (χ3v) is 2.89. The first-order chi connectivity index (χ1) is 10.0. The number of nitrogens with two attached hydrogens (primary N) is 1. The van der Waals surface area contributed by atoms with Gasteiger partial charge in [0.2, 0.25) is 0 Å². The molecule has 0 atom stereocenters. The molecule has 0 saturated heterocycles. The molecule has 2 rings (SSSR count). The van der Waals surface area contributed by atoms with Crippen molar-refractivity contribution >= 4 is 23.0 Å². The van der Waals surface area contributed by atoms with Gasteiger partial charge in [-0.15, -0.1) is 0 Å². The van der Waals surface area contributed by atoms with Crippen LogP contribution in [-0.2, 0) is 11.3 Å². The number of amides is 1. The molecule has 0 spiro atoms. The van der Waals surface area contributed by atoms with Crippen molar-refractivity contribution in [2.75, 3.05) is 13.7 Å². The number of carbonyl (C=O) groups is 1. The molecule has 2 aromatic heterocycles. The Morgan fingerprint density at radius 3 is 3.00 bits per heavy atom. The number of oxime groups is 1. The summed E-state index contributed by atoms with van der Waals surface area (Å²) in [5, 5.41) is 11.6. The number of aromatic amines is 1. The number of rotatable bonds is 4. The Balaban J connectivity index is 2.21. The standard InChI is InChI=1S/C13H17N5O3/c1-3-21-13(19)18(2)7-8-6-11-9(15-8)4-5-10(16-11)12(14)17-20/h4-6,15,20H,3,7H2,1-2H3,(H2,14,17). The normalized spacial score (nSPS) is 11.6. The maximum absolute atomic E-state index is 11.6. The third-order valence-electron chi connectivity index (χ3n) is 2.89. The molecule has 8 nitrogen and oxygen atoms in total. The number of hydrogen-bond donors (Lipinski definition) is 3. The van der Waals surface area contributed by atoms with E-state index in [1.54, 1.807) is 32.2 Å². The number of ether oxygens (including phenoxy) is 1. The van der Waals surface area contributed by atoms with E-state index in [0.717, 1.165) is 11.2 Å². The molecule has 0 aromatic carbocycles. The van der Waals surface area contributed by atoms with Gasteiger partial charge in [0.05, 0.1) is 24.2 Å². The fourth-order valence-electron chi connectivity index (χ4n) is 1.90. The fraction of sp³-hybridized carbons (Fsp3) is 0.308. The van der Waals surface area contributed by atoms with Crippen molar-refractivity contribution in [2.24, 2.45) is 10.9 Å². The quantitative estimate of drug-likeness (QED) is 0.339. The summed E-state index contributed by atoms with van der Waals surface area (Å²) >= 11 is 0. The molecule has 0 radical (unpaired) electrons. The van der Waals surface area contributed by atoms with Crippen molar-refractivity contribution < 1.29 is 14.7 Å². The van der Waals surface area contributed by atoms with Gasteiger partial charge in [-0.2, -0.15) is 0 Å². The Morgan fingerprint density at radius 2 is 2.33 bits per heavy atom. The van der Waals surface area contributed by atoms with E-state index >= 15 is 0 Å². The second-order valence-corrected chi connectivity index (χ2v) is 4.46. The van der Waals surface area contributed by atoms with Gasteiger partial charge in [-0.25, -0.2) is 9.78 Å². The van der Waals surface area contributed by atoms with Crippen LogP contribution in [0.5, 0.6) is 0 Å². The monoisotopic (exact) mass is 291 g/mol. The van der Waals surface area contributed by atoms with Crippen molar-refractivity contribution in [2.45, 2.75) is 13.5 Å². The summed E-state index contributed by atoms with van der Waals surface area (Å²) in [4.78, 5) is 20.4. The van der Waals surface area contributed by atoms with Gasteiger partial charge in [0.1, 0.15) is 5.69 Å². The summed E-state index contributed by atoms with van der Waals surface area (Å²) in [5.41, 5.74) is 8.17. The summed E-state index contributed by atoms with van der Waals surface area (Å²) in [6.07, 6.45) is -0.388. The molecular weight excluding hydrogens is 274 g/mol. The number of fused-ring (bicyclic) bond motifs is 1. The number of H-pyrrole nitrogens is 1. The molecule has 0 aliphatic carbocycles. The minimum atomic E-state index is -0.388. The summed E-state index contributed by atoms with van der Waals surface area (Å²) in [6, 6.07) is 5.23. The van der Waals surface area contributed by atoms with Crippen LogP contribution in [0.1, 0.15) is 18.3 Å². The van der Waals surface area contributed by atoms with Crippen molar-refractivity contribution in [1.82, 2.24) is 14.9 Å². The second kappa shape index (κ2) is 6.12. The Kier molecular flexibility index (Phi) is 4.27. The summed E-state index contributed by atoms with van der Waals surface area (Å²) in [6.45, 7) is 2.46. The lowest BCUT2D eigenvalue weighted by atomic mass is 10.3. The van der Waals surface area contributed by atoms with Crippen LogP contribution in [-0.4, -0.2) is 45.7 Å². The van der Waals surface area contributed by atoms with E-state index in [9.17, 15) is 4.79 Å². The van der Waals surface area contributed by atoms with E-state index in [-0.39, 0.29) is 11.9 Å². The second-order valence-electron chi connectivity index (χ2n) is 4.46. The highest BCUT2D eigenvalue weighted by Crippen LogP contribution is 2.15. The molecule has 0 aliphatic heterocycles. The SMILES string of the molecule is CCOC(=O)N(C)Cc1cc2nc(/C(N)=N/O)ccc2[nH]1. The largest absolute Gasteiger partial charge is 0.450 e. The molecule has 0 aliphatic rings. The highest BCUT2D eigenvalue weighted by molar-refractivity contribution is 5.97. The molecule has 0 fully saturated rings. The number of carbonyl (C=O) groups excluding carboxylic acids is 1.